The van der Waals surface area contributed by atoms with E-state index in [-0.39, 0.29) is 0 Å². The minimum Gasteiger partial charge on any atom is -0.314 e. The molecular weight excluding hydrogens is 282 g/mol. The number of hydrogen-bond donors (Lipinski definition) is 1. The van der Waals surface area contributed by atoms with Crippen LogP contribution >= 0.6 is 11.6 Å². The van der Waals surface area contributed by atoms with Crippen molar-refractivity contribution in [3.63, 3.8) is 0 Å². The van der Waals surface area contributed by atoms with Crippen molar-refractivity contribution in [2.24, 2.45) is 7.05 Å². The highest BCUT2D eigenvalue weighted by atomic mass is 35.5. The van der Waals surface area contributed by atoms with Gasteiger partial charge in [0.1, 0.15) is 0 Å². The van der Waals surface area contributed by atoms with Crippen LogP contribution in [0.1, 0.15) is 36.7 Å². The van der Waals surface area contributed by atoms with Gasteiger partial charge in [-0.25, -0.2) is 0 Å². The number of aromatic nitrogens is 2. The molecular formula is C17H24ClN3. The lowest BCUT2D eigenvalue weighted by Gasteiger charge is -2.20. The molecule has 3 nitrogen and oxygen atoms in total. The highest BCUT2D eigenvalue weighted by Gasteiger charge is 2.16. The van der Waals surface area contributed by atoms with Crippen molar-refractivity contribution in [2.75, 3.05) is 6.54 Å². The maximum absolute atomic E-state index is 6.15. The summed E-state index contributed by atoms with van der Waals surface area (Å²) in [5, 5.41) is 8.77. The fourth-order valence-corrected chi connectivity index (χ4v) is 2.75. The molecule has 114 valence electrons. The monoisotopic (exact) mass is 305 g/mol. The molecule has 2 aromatic rings. The number of aryl methyl sites for hydroxylation is 2. The number of halogens is 1. The molecule has 0 bridgehead atoms. The van der Waals surface area contributed by atoms with Gasteiger partial charge in [0.25, 0.3) is 0 Å². The van der Waals surface area contributed by atoms with Gasteiger partial charge in [-0.05, 0) is 37.1 Å². The van der Waals surface area contributed by atoms with Crippen LogP contribution in [0.15, 0.2) is 30.3 Å². The average molecular weight is 306 g/mol. The van der Waals surface area contributed by atoms with Gasteiger partial charge in [0.05, 0.1) is 5.69 Å². The molecule has 0 aliphatic rings. The SMILES string of the molecule is Cc1cc(CC(CNC(C)C)c2cccc(Cl)c2)n(C)n1. The quantitative estimate of drug-likeness (QED) is 0.882. The Bertz CT molecular complexity index is 589. The highest BCUT2D eigenvalue weighted by Crippen LogP contribution is 2.23. The first kappa shape index (κ1) is 16.1. The number of nitrogens with one attached hydrogen (secondary N) is 1. The number of nitrogens with zero attached hydrogens (tertiary/aromatic N) is 2. The van der Waals surface area contributed by atoms with Crippen LogP contribution in [0.5, 0.6) is 0 Å². The molecule has 0 radical (unpaired) electrons. The van der Waals surface area contributed by atoms with E-state index in [1.54, 1.807) is 0 Å². The van der Waals surface area contributed by atoms with Crippen molar-refractivity contribution in [1.82, 2.24) is 15.1 Å². The van der Waals surface area contributed by atoms with Crippen LogP contribution in [0.3, 0.4) is 0 Å². The maximum Gasteiger partial charge on any atom is 0.0596 e. The normalized spacial score (nSPS) is 12.9. The Morgan fingerprint density at radius 3 is 2.62 bits per heavy atom. The van der Waals surface area contributed by atoms with Crippen LogP contribution in [0.25, 0.3) is 0 Å². The first-order chi connectivity index (χ1) is 9.95. The van der Waals surface area contributed by atoms with Crippen molar-refractivity contribution in [2.45, 2.75) is 39.2 Å². The molecule has 0 aliphatic carbocycles. The Hall–Kier alpha value is -1.32. The minimum atomic E-state index is 0.390. The third-order valence-electron chi connectivity index (χ3n) is 3.65. The fourth-order valence-electron chi connectivity index (χ4n) is 2.55. The van der Waals surface area contributed by atoms with Gasteiger partial charge >= 0.3 is 0 Å². The second-order valence-corrected chi connectivity index (χ2v) is 6.36. The predicted octanol–water partition coefficient (Wildman–Crippen LogP) is 3.71. The van der Waals surface area contributed by atoms with Crippen molar-refractivity contribution in [3.05, 3.63) is 52.3 Å². The summed E-state index contributed by atoms with van der Waals surface area (Å²) in [6.45, 7) is 7.30. The molecule has 1 aromatic heterocycles. The third kappa shape index (κ3) is 4.58. The number of rotatable bonds is 6. The van der Waals surface area contributed by atoms with Crippen LogP contribution < -0.4 is 5.32 Å². The lowest BCUT2D eigenvalue weighted by molar-refractivity contribution is 0.516. The first-order valence-electron chi connectivity index (χ1n) is 7.44. The molecule has 2 rings (SSSR count). The summed E-state index contributed by atoms with van der Waals surface area (Å²) in [6, 6.07) is 10.8. The lowest BCUT2D eigenvalue weighted by Crippen LogP contribution is -2.29. The van der Waals surface area contributed by atoms with Crippen LogP contribution in [0, 0.1) is 6.92 Å². The smallest absolute Gasteiger partial charge is 0.0596 e. The topological polar surface area (TPSA) is 29.9 Å². The molecule has 1 heterocycles. The summed E-state index contributed by atoms with van der Waals surface area (Å²) >= 11 is 6.15. The number of hydrogen-bond acceptors (Lipinski definition) is 2. The second-order valence-electron chi connectivity index (χ2n) is 5.92. The molecule has 0 amide bonds. The summed E-state index contributed by atoms with van der Waals surface area (Å²) in [5.41, 5.74) is 3.59. The van der Waals surface area contributed by atoms with E-state index in [9.17, 15) is 0 Å². The van der Waals surface area contributed by atoms with Gasteiger partial charge in [0, 0.05) is 36.3 Å². The molecule has 0 fully saturated rings. The summed E-state index contributed by atoms with van der Waals surface area (Å²) in [7, 11) is 2.01. The van der Waals surface area contributed by atoms with E-state index in [4.69, 9.17) is 11.6 Å². The van der Waals surface area contributed by atoms with Gasteiger partial charge in [0.15, 0.2) is 0 Å². The molecule has 0 saturated heterocycles. The molecule has 1 N–H and O–H groups in total. The van der Waals surface area contributed by atoms with Crippen LogP contribution in [0.2, 0.25) is 5.02 Å². The van der Waals surface area contributed by atoms with Crippen LogP contribution in [-0.4, -0.2) is 22.4 Å². The summed E-state index contributed by atoms with van der Waals surface area (Å²) in [6.07, 6.45) is 0.956. The Kier molecular flexibility index (Phi) is 5.43. The summed E-state index contributed by atoms with van der Waals surface area (Å²) in [4.78, 5) is 0. The molecule has 1 unspecified atom stereocenters. The Labute approximate surface area is 132 Å². The predicted molar refractivity (Wildman–Crippen MR) is 89.0 cm³/mol. The lowest BCUT2D eigenvalue weighted by atomic mass is 9.93. The maximum atomic E-state index is 6.15. The van der Waals surface area contributed by atoms with E-state index in [0.29, 0.717) is 12.0 Å². The summed E-state index contributed by atoms with van der Waals surface area (Å²) in [5.74, 6) is 0.390. The number of benzene rings is 1. The Balaban J connectivity index is 2.21. The molecule has 0 aliphatic heterocycles. The van der Waals surface area contributed by atoms with Gasteiger partial charge < -0.3 is 5.32 Å². The zero-order chi connectivity index (χ0) is 15.4. The third-order valence-corrected chi connectivity index (χ3v) is 3.88. The van der Waals surface area contributed by atoms with E-state index < -0.39 is 0 Å². The van der Waals surface area contributed by atoms with Gasteiger partial charge in [-0.2, -0.15) is 5.10 Å². The molecule has 1 aromatic carbocycles. The minimum absolute atomic E-state index is 0.390. The van der Waals surface area contributed by atoms with Crippen LogP contribution in [0.4, 0.5) is 0 Å². The first-order valence-corrected chi connectivity index (χ1v) is 7.82. The second kappa shape index (κ2) is 7.10. The molecule has 21 heavy (non-hydrogen) atoms. The van der Waals surface area contributed by atoms with E-state index >= 15 is 0 Å². The Morgan fingerprint density at radius 2 is 2.05 bits per heavy atom. The highest BCUT2D eigenvalue weighted by molar-refractivity contribution is 6.30. The Morgan fingerprint density at radius 1 is 1.29 bits per heavy atom. The molecule has 0 saturated carbocycles. The van der Waals surface area contributed by atoms with Gasteiger partial charge in [-0.15, -0.1) is 0 Å². The van der Waals surface area contributed by atoms with E-state index in [0.717, 1.165) is 23.7 Å². The van der Waals surface area contributed by atoms with E-state index in [1.807, 2.05) is 30.8 Å². The van der Waals surface area contributed by atoms with Gasteiger partial charge in [0.2, 0.25) is 0 Å². The standard InChI is InChI=1S/C17H24ClN3/c1-12(2)19-11-15(14-6-5-7-16(18)9-14)10-17-8-13(3)20-21(17)4/h5-9,12,15,19H,10-11H2,1-4H3. The van der Waals surface area contributed by atoms with Crippen molar-refractivity contribution in [3.8, 4) is 0 Å². The zero-order valence-corrected chi connectivity index (χ0v) is 14.0. The summed E-state index contributed by atoms with van der Waals surface area (Å²) < 4.78 is 1.97. The molecule has 4 heteroatoms. The van der Waals surface area contributed by atoms with Gasteiger partial charge in [-0.1, -0.05) is 37.6 Å². The zero-order valence-electron chi connectivity index (χ0n) is 13.2. The average Bonchev–Trinajstić information content (AvgIpc) is 2.72. The van der Waals surface area contributed by atoms with Crippen molar-refractivity contribution in [1.29, 1.82) is 0 Å². The van der Waals surface area contributed by atoms with E-state index in [1.165, 1.54) is 11.3 Å². The van der Waals surface area contributed by atoms with E-state index in [2.05, 4.69) is 42.5 Å². The largest absolute Gasteiger partial charge is 0.314 e. The van der Waals surface area contributed by atoms with Crippen LogP contribution in [-0.2, 0) is 13.5 Å². The molecule has 0 spiro atoms. The van der Waals surface area contributed by atoms with Crippen molar-refractivity contribution >= 4 is 11.6 Å². The molecule has 1 atom stereocenters. The van der Waals surface area contributed by atoms with Crippen molar-refractivity contribution < 1.29 is 0 Å². The van der Waals surface area contributed by atoms with Gasteiger partial charge in [-0.3, -0.25) is 4.68 Å². The fraction of sp³-hybridized carbons (Fsp3) is 0.471.